The second kappa shape index (κ2) is 10.5. The van der Waals surface area contributed by atoms with Crippen LogP contribution < -0.4 is 9.60 Å². The van der Waals surface area contributed by atoms with Crippen LogP contribution in [0, 0.1) is 0 Å². The van der Waals surface area contributed by atoms with Crippen LogP contribution in [0.25, 0.3) is 0 Å². The van der Waals surface area contributed by atoms with E-state index in [2.05, 4.69) is 0 Å². The molecule has 31 heavy (non-hydrogen) atoms. The molecule has 0 saturated carbocycles. The number of hydrogen-bond acceptors (Lipinski definition) is 10. The summed E-state index contributed by atoms with van der Waals surface area (Å²) in [5.74, 6) is -2.09. The SMILES string of the molecule is CC(=O)O[C@H]1[C@@H](OC(C)=O)[C@@H](CO)O[C@@H]([Se]c2ccc(S(N)(=O)=O)cc2)[C@@H]1OC(C)=O. The molecule has 0 bridgehead atoms. The van der Waals surface area contributed by atoms with Crippen LogP contribution >= 0.6 is 0 Å². The van der Waals surface area contributed by atoms with E-state index in [-0.39, 0.29) is 4.90 Å². The average Bonchev–Trinajstić information content (AvgIpc) is 2.64. The summed E-state index contributed by atoms with van der Waals surface area (Å²) in [5.41, 5.74) is 0. The van der Waals surface area contributed by atoms with Gasteiger partial charge in [-0.3, -0.25) is 0 Å². The number of sulfonamides is 1. The molecule has 5 atom stereocenters. The number of rotatable bonds is 7. The zero-order valence-electron chi connectivity index (χ0n) is 16.9. The molecular weight excluding hydrogens is 501 g/mol. The van der Waals surface area contributed by atoms with Gasteiger partial charge in [-0.2, -0.15) is 0 Å². The molecular formula is C18H23NO10SSe. The molecule has 1 fully saturated rings. The maximum atomic E-state index is 11.7. The van der Waals surface area contributed by atoms with Crippen LogP contribution in [0.15, 0.2) is 29.2 Å². The van der Waals surface area contributed by atoms with Gasteiger partial charge in [0.2, 0.25) is 0 Å². The second-order valence-electron chi connectivity index (χ2n) is 6.58. The number of carbonyl (C=O) groups excluding carboxylic acids is 3. The molecule has 0 spiro atoms. The molecule has 172 valence electrons. The number of aliphatic hydroxyl groups is 1. The van der Waals surface area contributed by atoms with Crippen LogP contribution in [0.5, 0.6) is 0 Å². The second-order valence-corrected chi connectivity index (χ2v) is 10.6. The number of carbonyl (C=O) groups is 3. The van der Waals surface area contributed by atoms with Gasteiger partial charge in [0, 0.05) is 0 Å². The summed E-state index contributed by atoms with van der Waals surface area (Å²) in [6, 6.07) is 5.71. The predicted molar refractivity (Wildman–Crippen MR) is 106 cm³/mol. The molecule has 11 nitrogen and oxygen atoms in total. The Bertz CT molecular complexity index is 920. The number of nitrogens with two attached hydrogens (primary N) is 1. The summed E-state index contributed by atoms with van der Waals surface area (Å²) < 4.78 is 45.3. The van der Waals surface area contributed by atoms with Crippen molar-refractivity contribution in [2.24, 2.45) is 5.14 Å². The van der Waals surface area contributed by atoms with Gasteiger partial charge in [0.25, 0.3) is 0 Å². The van der Waals surface area contributed by atoms with Crippen molar-refractivity contribution >= 4 is 47.3 Å². The molecule has 3 N–H and O–H groups in total. The van der Waals surface area contributed by atoms with E-state index in [0.29, 0.717) is 4.46 Å². The quantitative estimate of drug-likeness (QED) is 0.235. The molecule has 0 amide bonds. The normalized spacial score (nSPS) is 26.0. The molecule has 1 aromatic carbocycles. The fourth-order valence-electron chi connectivity index (χ4n) is 2.94. The number of ether oxygens (including phenoxy) is 4. The predicted octanol–water partition coefficient (Wildman–Crippen LogP) is -1.82. The van der Waals surface area contributed by atoms with Gasteiger partial charge in [-0.25, -0.2) is 0 Å². The van der Waals surface area contributed by atoms with Crippen LogP contribution in [0.1, 0.15) is 20.8 Å². The van der Waals surface area contributed by atoms with Crippen molar-refractivity contribution < 1.29 is 46.9 Å². The van der Waals surface area contributed by atoms with E-state index < -0.39 is 78.9 Å². The average molecular weight is 524 g/mol. The molecule has 1 saturated heterocycles. The van der Waals surface area contributed by atoms with Crippen molar-refractivity contribution in [2.45, 2.75) is 55.1 Å². The number of aliphatic hydroxyl groups excluding tert-OH is 1. The van der Waals surface area contributed by atoms with Gasteiger partial charge in [0.05, 0.1) is 0 Å². The summed E-state index contributed by atoms with van der Waals surface area (Å²) in [6.45, 7) is 2.89. The zero-order chi connectivity index (χ0) is 23.3. The van der Waals surface area contributed by atoms with Gasteiger partial charge >= 0.3 is 185 Å². The van der Waals surface area contributed by atoms with Crippen LogP contribution in [-0.2, 0) is 43.4 Å². The Morgan fingerprint density at radius 1 is 0.968 bits per heavy atom. The fourth-order valence-corrected chi connectivity index (χ4v) is 5.77. The van der Waals surface area contributed by atoms with Gasteiger partial charge in [-0.05, 0) is 0 Å². The van der Waals surface area contributed by atoms with Crippen molar-refractivity contribution in [1.29, 1.82) is 0 Å². The van der Waals surface area contributed by atoms with Gasteiger partial charge in [-0.15, -0.1) is 0 Å². The summed E-state index contributed by atoms with van der Waals surface area (Å²) in [7, 11) is -3.87. The van der Waals surface area contributed by atoms with E-state index in [4.69, 9.17) is 24.1 Å². The molecule has 1 aliphatic heterocycles. The molecule has 0 aliphatic carbocycles. The van der Waals surface area contributed by atoms with E-state index in [1.165, 1.54) is 24.3 Å². The molecule has 13 heteroatoms. The minimum atomic E-state index is -3.87. The van der Waals surface area contributed by atoms with Crippen molar-refractivity contribution in [1.82, 2.24) is 0 Å². The topological polar surface area (TPSA) is 169 Å². The third kappa shape index (κ3) is 6.99. The van der Waals surface area contributed by atoms with Crippen LogP contribution in [0.2, 0.25) is 0 Å². The van der Waals surface area contributed by atoms with Gasteiger partial charge in [0.1, 0.15) is 0 Å². The van der Waals surface area contributed by atoms with Gasteiger partial charge < -0.3 is 0 Å². The molecule has 0 radical (unpaired) electrons. The Morgan fingerprint density at radius 2 is 1.45 bits per heavy atom. The first-order chi connectivity index (χ1) is 14.4. The monoisotopic (exact) mass is 525 g/mol. The molecule has 2 rings (SSSR count). The third-order valence-electron chi connectivity index (χ3n) is 4.08. The first-order valence-corrected chi connectivity index (χ1v) is 12.4. The molecule has 0 unspecified atom stereocenters. The van der Waals surface area contributed by atoms with Crippen molar-refractivity contribution in [3.8, 4) is 0 Å². The molecule has 1 heterocycles. The number of hydrogen-bond donors (Lipinski definition) is 2. The number of primary sulfonamides is 1. The fraction of sp³-hybridized carbons (Fsp3) is 0.500. The first-order valence-electron chi connectivity index (χ1n) is 9.00. The maximum absolute atomic E-state index is 11.7. The Morgan fingerprint density at radius 3 is 1.90 bits per heavy atom. The zero-order valence-corrected chi connectivity index (χ0v) is 19.4. The first kappa shape index (κ1) is 25.2. The van der Waals surface area contributed by atoms with Crippen molar-refractivity contribution in [3.63, 3.8) is 0 Å². The minimum absolute atomic E-state index is 0.0749. The van der Waals surface area contributed by atoms with E-state index in [0.717, 1.165) is 20.8 Å². The Labute approximate surface area is 185 Å². The van der Waals surface area contributed by atoms with E-state index in [9.17, 15) is 27.9 Å². The van der Waals surface area contributed by atoms with E-state index >= 15 is 0 Å². The summed E-state index contributed by atoms with van der Waals surface area (Å²) >= 11 is -0.593. The molecule has 0 aromatic heterocycles. The Kier molecular flexibility index (Phi) is 8.57. The van der Waals surface area contributed by atoms with E-state index in [1.807, 2.05) is 0 Å². The van der Waals surface area contributed by atoms with Crippen molar-refractivity contribution in [2.75, 3.05) is 6.61 Å². The Hall–Kier alpha value is -2.02. The summed E-state index contributed by atoms with van der Waals surface area (Å²) in [4.78, 5) is 34.9. The van der Waals surface area contributed by atoms with Crippen LogP contribution in [-0.4, -0.2) is 82.4 Å². The number of benzene rings is 1. The third-order valence-corrected chi connectivity index (χ3v) is 7.44. The van der Waals surface area contributed by atoms with Gasteiger partial charge in [0.15, 0.2) is 0 Å². The number of esters is 3. The van der Waals surface area contributed by atoms with E-state index in [1.54, 1.807) is 0 Å². The van der Waals surface area contributed by atoms with Crippen molar-refractivity contribution in [3.05, 3.63) is 24.3 Å². The molecule has 1 aliphatic rings. The summed E-state index contributed by atoms with van der Waals surface area (Å²) in [6.07, 6.45) is -4.60. The summed E-state index contributed by atoms with van der Waals surface area (Å²) in [5, 5.41) is 14.0. The van der Waals surface area contributed by atoms with Gasteiger partial charge in [-0.1, -0.05) is 0 Å². The standard InChI is InChI=1S/C18H23NO10SSe/c1-9(21)26-15-14(8-20)29-18(17(28-11(3)23)16(15)27-10(2)22)31-13-6-4-12(5-7-13)30(19,24)25/h4-7,14-18,20H,8H2,1-3H3,(H2,19,24,25)/t14-,15+,16+,17-,18+/m1/s1. The van der Waals surface area contributed by atoms with Crippen LogP contribution in [0.3, 0.4) is 0 Å². The molecule has 1 aromatic rings. The Balaban J connectivity index is 2.39. The van der Waals surface area contributed by atoms with Crippen LogP contribution in [0.4, 0.5) is 0 Å².